The first kappa shape index (κ1) is 9.20. The summed E-state index contributed by atoms with van der Waals surface area (Å²) in [6, 6.07) is 0. The van der Waals surface area contributed by atoms with Gasteiger partial charge in [-0.1, -0.05) is 26.0 Å². The second-order valence-electron chi connectivity index (χ2n) is 3.14. The highest BCUT2D eigenvalue weighted by molar-refractivity contribution is 9.13. The lowest BCUT2D eigenvalue weighted by molar-refractivity contribution is -0.111. The van der Waals surface area contributed by atoms with Crippen LogP contribution in [0.3, 0.4) is 0 Å². The van der Waals surface area contributed by atoms with Gasteiger partial charge in [0, 0.05) is 5.41 Å². The van der Waals surface area contributed by atoms with Gasteiger partial charge in [0.25, 0.3) is 0 Å². The maximum Gasteiger partial charge on any atom is 0.206 e. The van der Waals surface area contributed by atoms with Gasteiger partial charge in [-0.3, -0.25) is 4.79 Å². The van der Waals surface area contributed by atoms with E-state index < -0.39 is 0 Å². The van der Waals surface area contributed by atoms with E-state index in [1.165, 1.54) is 0 Å². The van der Waals surface area contributed by atoms with Gasteiger partial charge in [-0.2, -0.15) is 0 Å². The van der Waals surface area contributed by atoms with E-state index in [-0.39, 0.29) is 11.2 Å². The fraction of sp³-hybridized carbons (Fsp3) is 0.375. The molecule has 1 aliphatic rings. The van der Waals surface area contributed by atoms with Gasteiger partial charge >= 0.3 is 0 Å². The second-order valence-corrected chi connectivity index (χ2v) is 4.84. The molecule has 3 heteroatoms. The molecule has 60 valence electrons. The van der Waals surface area contributed by atoms with E-state index in [0.717, 1.165) is 0 Å². The van der Waals surface area contributed by atoms with Crippen molar-refractivity contribution in [1.82, 2.24) is 0 Å². The SMILES string of the molecule is CC1(C)C=C(Br)C(=O)C(Br)=C1. The highest BCUT2D eigenvalue weighted by atomic mass is 79.9. The highest BCUT2D eigenvalue weighted by Gasteiger charge is 2.23. The number of rotatable bonds is 0. The van der Waals surface area contributed by atoms with Crippen LogP contribution >= 0.6 is 31.9 Å². The summed E-state index contributed by atoms with van der Waals surface area (Å²) >= 11 is 6.42. The molecule has 0 fully saturated rings. The Morgan fingerprint density at radius 2 is 1.55 bits per heavy atom. The molecule has 0 atom stereocenters. The van der Waals surface area contributed by atoms with Crippen LogP contribution in [0.25, 0.3) is 0 Å². The minimum Gasteiger partial charge on any atom is -0.287 e. The summed E-state index contributed by atoms with van der Waals surface area (Å²) in [5.74, 6) is 0.0179. The first-order chi connectivity index (χ1) is 4.92. The van der Waals surface area contributed by atoms with Gasteiger partial charge < -0.3 is 0 Å². The van der Waals surface area contributed by atoms with Gasteiger partial charge in [0.05, 0.1) is 8.96 Å². The Hall–Kier alpha value is 0.110. The molecule has 0 aromatic carbocycles. The number of halogens is 2. The normalized spacial score (nSPS) is 22.7. The van der Waals surface area contributed by atoms with Gasteiger partial charge in [-0.15, -0.1) is 0 Å². The van der Waals surface area contributed by atoms with Crippen molar-refractivity contribution in [2.45, 2.75) is 13.8 Å². The summed E-state index contributed by atoms with van der Waals surface area (Å²) in [7, 11) is 0. The van der Waals surface area contributed by atoms with Gasteiger partial charge in [0.15, 0.2) is 0 Å². The number of hydrogen-bond acceptors (Lipinski definition) is 1. The van der Waals surface area contributed by atoms with Crippen LogP contribution in [-0.2, 0) is 4.79 Å². The molecule has 0 spiro atoms. The van der Waals surface area contributed by atoms with Crippen LogP contribution in [0.4, 0.5) is 0 Å². The molecule has 1 aliphatic carbocycles. The Kier molecular flexibility index (Phi) is 2.40. The van der Waals surface area contributed by atoms with Crippen LogP contribution in [-0.4, -0.2) is 5.78 Å². The molecule has 0 unspecified atom stereocenters. The van der Waals surface area contributed by atoms with E-state index in [0.29, 0.717) is 8.96 Å². The number of carbonyl (C=O) groups excluding carboxylic acids is 1. The van der Waals surface area contributed by atoms with Crippen molar-refractivity contribution in [2.24, 2.45) is 5.41 Å². The number of carbonyl (C=O) groups is 1. The molecule has 11 heavy (non-hydrogen) atoms. The number of ketones is 1. The van der Waals surface area contributed by atoms with Crippen molar-refractivity contribution in [1.29, 1.82) is 0 Å². The Morgan fingerprint density at radius 3 is 1.91 bits per heavy atom. The first-order valence-corrected chi connectivity index (χ1v) is 4.82. The molecule has 0 aliphatic heterocycles. The smallest absolute Gasteiger partial charge is 0.206 e. The van der Waals surface area contributed by atoms with Crippen LogP contribution in [0.1, 0.15) is 13.8 Å². The molecule has 0 aromatic heterocycles. The summed E-state index contributed by atoms with van der Waals surface area (Å²) in [6.07, 6.45) is 3.81. The van der Waals surface area contributed by atoms with Crippen LogP contribution in [0.5, 0.6) is 0 Å². The zero-order chi connectivity index (χ0) is 8.65. The highest BCUT2D eigenvalue weighted by Crippen LogP contribution is 2.33. The van der Waals surface area contributed by atoms with Crippen LogP contribution in [0.2, 0.25) is 0 Å². The van der Waals surface area contributed by atoms with Crippen LogP contribution in [0.15, 0.2) is 21.1 Å². The molecule has 0 N–H and O–H groups in total. The molecule has 1 nitrogen and oxygen atoms in total. The third-order valence-electron chi connectivity index (χ3n) is 1.43. The summed E-state index contributed by atoms with van der Waals surface area (Å²) in [5.41, 5.74) is -0.0361. The fourth-order valence-corrected chi connectivity index (χ4v) is 2.81. The standard InChI is InChI=1S/C8H8Br2O/c1-8(2)3-5(9)7(11)6(10)4-8/h3-4H,1-2H3. The van der Waals surface area contributed by atoms with Crippen molar-refractivity contribution in [3.63, 3.8) is 0 Å². The molecule has 0 aromatic rings. The minimum atomic E-state index is -0.0361. The first-order valence-electron chi connectivity index (χ1n) is 3.24. The van der Waals surface area contributed by atoms with Crippen LogP contribution in [0, 0.1) is 5.41 Å². The Morgan fingerprint density at radius 1 is 1.18 bits per heavy atom. The molecule has 0 amide bonds. The lowest BCUT2D eigenvalue weighted by Gasteiger charge is -2.20. The van der Waals surface area contributed by atoms with Gasteiger partial charge in [-0.25, -0.2) is 0 Å². The third-order valence-corrected chi connectivity index (χ3v) is 2.61. The topological polar surface area (TPSA) is 17.1 Å². The molecular formula is C8H8Br2O. The lowest BCUT2D eigenvalue weighted by Crippen LogP contribution is -2.13. The predicted octanol–water partition coefficient (Wildman–Crippen LogP) is 3.15. The summed E-state index contributed by atoms with van der Waals surface area (Å²) in [6.45, 7) is 4.09. The third kappa shape index (κ3) is 2.03. The van der Waals surface area contributed by atoms with E-state index in [1.54, 1.807) is 0 Å². The quantitative estimate of drug-likeness (QED) is 0.666. The maximum atomic E-state index is 11.2. The van der Waals surface area contributed by atoms with E-state index in [2.05, 4.69) is 31.9 Å². The zero-order valence-electron chi connectivity index (χ0n) is 6.32. The maximum absolute atomic E-state index is 11.2. The van der Waals surface area contributed by atoms with Gasteiger partial charge in [0.2, 0.25) is 5.78 Å². The zero-order valence-corrected chi connectivity index (χ0v) is 9.49. The Bertz CT molecular complexity index is 237. The van der Waals surface area contributed by atoms with Gasteiger partial charge in [-0.05, 0) is 31.9 Å². The van der Waals surface area contributed by atoms with E-state index in [4.69, 9.17) is 0 Å². The van der Waals surface area contributed by atoms with Crippen molar-refractivity contribution in [3.8, 4) is 0 Å². The lowest BCUT2D eigenvalue weighted by atomic mass is 9.89. The van der Waals surface area contributed by atoms with Crippen molar-refractivity contribution >= 4 is 37.6 Å². The largest absolute Gasteiger partial charge is 0.287 e. The summed E-state index contributed by atoms with van der Waals surface area (Å²) in [5, 5.41) is 0. The van der Waals surface area contributed by atoms with E-state index in [9.17, 15) is 4.79 Å². The summed E-state index contributed by atoms with van der Waals surface area (Å²) in [4.78, 5) is 11.2. The van der Waals surface area contributed by atoms with E-state index >= 15 is 0 Å². The Labute approximate surface area is 82.8 Å². The van der Waals surface area contributed by atoms with Gasteiger partial charge in [0.1, 0.15) is 0 Å². The molecule has 0 heterocycles. The molecule has 0 bridgehead atoms. The average Bonchev–Trinajstić information content (AvgIpc) is 1.81. The van der Waals surface area contributed by atoms with Crippen molar-refractivity contribution in [3.05, 3.63) is 21.1 Å². The second kappa shape index (κ2) is 2.87. The number of allylic oxidation sites excluding steroid dienone is 4. The monoisotopic (exact) mass is 278 g/mol. The minimum absolute atomic E-state index is 0.0179. The molecule has 0 saturated carbocycles. The molecule has 1 rings (SSSR count). The average molecular weight is 280 g/mol. The fourth-order valence-electron chi connectivity index (χ4n) is 0.940. The molecule has 0 saturated heterocycles. The summed E-state index contributed by atoms with van der Waals surface area (Å²) < 4.78 is 1.27. The predicted molar refractivity (Wildman–Crippen MR) is 52.8 cm³/mol. The molecular weight excluding hydrogens is 272 g/mol. The van der Waals surface area contributed by atoms with Crippen LogP contribution < -0.4 is 0 Å². The van der Waals surface area contributed by atoms with Crippen molar-refractivity contribution < 1.29 is 4.79 Å². The molecule has 0 radical (unpaired) electrons. The number of Topliss-reactive ketones (excluding diaryl/α,β-unsaturated/α-hetero) is 1. The number of hydrogen-bond donors (Lipinski definition) is 0. The van der Waals surface area contributed by atoms with E-state index in [1.807, 2.05) is 26.0 Å². The Balaban J connectivity index is 3.08. The van der Waals surface area contributed by atoms with Crippen molar-refractivity contribution in [2.75, 3.05) is 0 Å².